The summed E-state index contributed by atoms with van der Waals surface area (Å²) < 4.78 is 0. The molecule has 0 rings (SSSR count). The molecular weight excluding hydrogens is 224 g/mol. The van der Waals surface area contributed by atoms with Gasteiger partial charge in [-0.05, 0) is 13.0 Å². The molecule has 0 bridgehead atoms. The molecule has 17 heavy (non-hydrogen) atoms. The van der Waals surface area contributed by atoms with Gasteiger partial charge < -0.3 is 20.8 Å². The van der Waals surface area contributed by atoms with E-state index in [1.165, 1.54) is 0 Å². The first-order valence-electron chi connectivity index (χ1n) is 5.83. The molecule has 0 spiro atoms. The van der Waals surface area contributed by atoms with Crippen LogP contribution in [0.5, 0.6) is 0 Å². The molecule has 100 valence electrons. The van der Waals surface area contributed by atoms with E-state index < -0.39 is 12.0 Å². The lowest BCUT2D eigenvalue weighted by atomic mass is 10.2. The van der Waals surface area contributed by atoms with Gasteiger partial charge in [-0.25, -0.2) is 4.79 Å². The molecule has 0 heterocycles. The monoisotopic (exact) mass is 246 g/mol. The average molecular weight is 246 g/mol. The molecule has 0 saturated carbocycles. The fraction of sp³-hybridized carbons (Fsp3) is 0.818. The Labute approximate surface area is 101 Å². The van der Waals surface area contributed by atoms with E-state index in [1.54, 1.807) is 0 Å². The van der Waals surface area contributed by atoms with Gasteiger partial charge in [-0.1, -0.05) is 13.8 Å². The minimum atomic E-state index is -1.12. The highest BCUT2D eigenvalue weighted by Gasteiger charge is 2.18. The molecule has 6 nitrogen and oxygen atoms in total. The molecule has 0 aliphatic heterocycles. The Kier molecular flexibility index (Phi) is 8.35. The molecule has 0 fully saturated rings. The van der Waals surface area contributed by atoms with Crippen molar-refractivity contribution in [3.8, 4) is 0 Å². The molecule has 0 aromatic carbocycles. The maximum atomic E-state index is 11.4. The third-order valence-electron chi connectivity index (χ3n) is 2.18. The number of carbonyl (C=O) groups excluding carboxylic acids is 1. The molecule has 0 saturated heterocycles. The predicted molar refractivity (Wildman–Crippen MR) is 63.6 cm³/mol. The van der Waals surface area contributed by atoms with Crippen LogP contribution in [0, 0.1) is 0 Å². The van der Waals surface area contributed by atoms with Gasteiger partial charge in [0.15, 0.2) is 0 Å². The van der Waals surface area contributed by atoms with E-state index in [1.807, 2.05) is 13.8 Å². The second-order valence-corrected chi connectivity index (χ2v) is 4.18. The molecule has 4 N–H and O–H groups in total. The average Bonchev–Trinajstić information content (AvgIpc) is 2.23. The van der Waals surface area contributed by atoms with E-state index in [4.69, 9.17) is 10.2 Å². The highest BCUT2D eigenvalue weighted by atomic mass is 16.4. The maximum Gasteiger partial charge on any atom is 0.326 e. The van der Waals surface area contributed by atoms with Crippen LogP contribution >= 0.6 is 0 Å². The number of hydrogen-bond donors (Lipinski definition) is 4. The van der Waals surface area contributed by atoms with Crippen molar-refractivity contribution in [1.82, 2.24) is 10.6 Å². The van der Waals surface area contributed by atoms with Gasteiger partial charge in [-0.3, -0.25) is 4.79 Å². The molecule has 0 aliphatic rings. The van der Waals surface area contributed by atoms with Crippen LogP contribution in [0.1, 0.15) is 33.1 Å². The first-order chi connectivity index (χ1) is 7.97. The van der Waals surface area contributed by atoms with Crippen molar-refractivity contribution in [2.24, 2.45) is 0 Å². The van der Waals surface area contributed by atoms with Gasteiger partial charge in [0.1, 0.15) is 6.04 Å². The second kappa shape index (κ2) is 8.95. The number of hydrogen-bond acceptors (Lipinski definition) is 4. The molecule has 0 aromatic heterocycles. The van der Waals surface area contributed by atoms with Crippen molar-refractivity contribution in [2.45, 2.75) is 45.2 Å². The van der Waals surface area contributed by atoms with Crippen molar-refractivity contribution in [3.05, 3.63) is 0 Å². The van der Waals surface area contributed by atoms with Gasteiger partial charge in [0, 0.05) is 25.5 Å². The third-order valence-corrected chi connectivity index (χ3v) is 2.18. The summed E-state index contributed by atoms with van der Waals surface area (Å²) in [6.45, 7) is 4.50. The van der Waals surface area contributed by atoms with E-state index in [9.17, 15) is 9.59 Å². The lowest BCUT2D eigenvalue weighted by molar-refractivity contribution is -0.142. The zero-order valence-corrected chi connectivity index (χ0v) is 10.4. The summed E-state index contributed by atoms with van der Waals surface area (Å²) in [6, 6.07) is -0.621. The summed E-state index contributed by atoms with van der Waals surface area (Å²) in [5.74, 6) is -1.41. The minimum absolute atomic E-state index is 0.0331. The number of aliphatic carboxylic acids is 1. The van der Waals surface area contributed by atoms with E-state index in [-0.39, 0.29) is 25.4 Å². The first-order valence-corrected chi connectivity index (χ1v) is 5.83. The first kappa shape index (κ1) is 15.9. The zero-order chi connectivity index (χ0) is 13.3. The van der Waals surface area contributed by atoms with Crippen LogP contribution in [-0.2, 0) is 9.59 Å². The number of nitrogens with one attached hydrogen (secondary N) is 2. The third kappa shape index (κ3) is 8.65. The summed E-state index contributed by atoms with van der Waals surface area (Å²) in [4.78, 5) is 22.1. The molecule has 0 radical (unpaired) electrons. The Balaban J connectivity index is 3.78. The highest BCUT2D eigenvalue weighted by molar-refractivity contribution is 5.83. The maximum absolute atomic E-state index is 11.4. The Morgan fingerprint density at radius 2 is 1.94 bits per heavy atom. The standard InChI is InChI=1S/C11H22N2O4/c1-8(2)12-6-3-4-10(15)13-9(5-7-14)11(16)17/h8-9,12,14H,3-7H2,1-2H3,(H,13,15)(H,16,17). The number of carboxylic acids is 1. The summed E-state index contributed by atoms with van der Waals surface area (Å²) >= 11 is 0. The van der Waals surface area contributed by atoms with Crippen LogP contribution < -0.4 is 10.6 Å². The Morgan fingerprint density at radius 3 is 2.41 bits per heavy atom. The Bertz CT molecular complexity index is 244. The highest BCUT2D eigenvalue weighted by Crippen LogP contribution is 1.95. The number of rotatable bonds is 9. The van der Waals surface area contributed by atoms with Gasteiger partial charge in [-0.2, -0.15) is 0 Å². The van der Waals surface area contributed by atoms with Crippen molar-refractivity contribution >= 4 is 11.9 Å². The smallest absolute Gasteiger partial charge is 0.326 e. The summed E-state index contributed by atoms with van der Waals surface area (Å²) in [7, 11) is 0. The predicted octanol–water partition coefficient (Wildman–Crippen LogP) is -0.284. The van der Waals surface area contributed by atoms with Crippen LogP contribution in [0.15, 0.2) is 0 Å². The quantitative estimate of drug-likeness (QED) is 0.419. The largest absolute Gasteiger partial charge is 0.480 e. The Morgan fingerprint density at radius 1 is 1.29 bits per heavy atom. The Hall–Kier alpha value is -1.14. The van der Waals surface area contributed by atoms with Crippen LogP contribution in [0.2, 0.25) is 0 Å². The molecular formula is C11H22N2O4. The lowest BCUT2D eigenvalue weighted by Crippen LogP contribution is -2.41. The van der Waals surface area contributed by atoms with Gasteiger partial charge in [0.25, 0.3) is 0 Å². The summed E-state index contributed by atoms with van der Waals surface area (Å²) in [5.41, 5.74) is 0. The topological polar surface area (TPSA) is 98.7 Å². The van der Waals surface area contributed by atoms with Gasteiger partial charge in [-0.15, -0.1) is 0 Å². The number of aliphatic hydroxyl groups is 1. The summed E-state index contributed by atoms with van der Waals surface area (Å²) in [5, 5.41) is 23.0. The van der Waals surface area contributed by atoms with Crippen LogP contribution in [0.25, 0.3) is 0 Å². The minimum Gasteiger partial charge on any atom is -0.480 e. The van der Waals surface area contributed by atoms with Gasteiger partial charge >= 0.3 is 5.97 Å². The summed E-state index contributed by atoms with van der Waals surface area (Å²) in [6.07, 6.45) is 0.982. The van der Waals surface area contributed by atoms with Crippen molar-refractivity contribution in [3.63, 3.8) is 0 Å². The van der Waals surface area contributed by atoms with Gasteiger partial charge in [0.05, 0.1) is 0 Å². The van der Waals surface area contributed by atoms with Gasteiger partial charge in [0.2, 0.25) is 5.91 Å². The van der Waals surface area contributed by atoms with Crippen molar-refractivity contribution in [1.29, 1.82) is 0 Å². The molecule has 1 amide bonds. The molecule has 0 aromatic rings. The molecule has 1 atom stereocenters. The fourth-order valence-corrected chi connectivity index (χ4v) is 1.29. The number of amides is 1. The molecule has 1 unspecified atom stereocenters. The zero-order valence-electron chi connectivity index (χ0n) is 10.4. The van der Waals surface area contributed by atoms with E-state index in [2.05, 4.69) is 10.6 Å². The van der Waals surface area contributed by atoms with Crippen LogP contribution in [-0.4, -0.2) is 47.3 Å². The lowest BCUT2D eigenvalue weighted by Gasteiger charge is -2.13. The molecule has 6 heteroatoms. The fourth-order valence-electron chi connectivity index (χ4n) is 1.29. The van der Waals surface area contributed by atoms with E-state index in [0.717, 1.165) is 6.54 Å². The molecule has 0 aliphatic carbocycles. The number of carboxylic acid groups (broad SMARTS) is 1. The van der Waals surface area contributed by atoms with Crippen molar-refractivity contribution in [2.75, 3.05) is 13.2 Å². The van der Waals surface area contributed by atoms with E-state index >= 15 is 0 Å². The number of aliphatic hydroxyl groups excluding tert-OH is 1. The number of carbonyl (C=O) groups is 2. The second-order valence-electron chi connectivity index (χ2n) is 4.18. The van der Waals surface area contributed by atoms with Crippen LogP contribution in [0.3, 0.4) is 0 Å². The SMILES string of the molecule is CC(C)NCCCC(=O)NC(CCO)C(=O)O. The van der Waals surface area contributed by atoms with Crippen molar-refractivity contribution < 1.29 is 19.8 Å². The van der Waals surface area contributed by atoms with Crippen LogP contribution in [0.4, 0.5) is 0 Å². The van der Waals surface area contributed by atoms with E-state index in [0.29, 0.717) is 12.5 Å². The normalized spacial score (nSPS) is 12.5.